The Labute approximate surface area is 79.6 Å². The molecule has 2 heteroatoms. The van der Waals surface area contributed by atoms with Gasteiger partial charge in [0.2, 0.25) is 0 Å². The second kappa shape index (κ2) is 5.00. The molecule has 0 aromatic heterocycles. The lowest BCUT2D eigenvalue weighted by atomic mass is 9.99. The summed E-state index contributed by atoms with van der Waals surface area (Å²) in [5.41, 5.74) is 2.51. The van der Waals surface area contributed by atoms with Crippen LogP contribution in [0.4, 0.5) is 0 Å². The molecule has 1 atom stereocenters. The SMILES string of the molecule is CCc1ccccc1[C@H](CO)NC. The monoisotopic (exact) mass is 179 g/mol. The van der Waals surface area contributed by atoms with Gasteiger partial charge in [-0.25, -0.2) is 0 Å². The molecule has 0 aliphatic heterocycles. The molecule has 0 saturated carbocycles. The van der Waals surface area contributed by atoms with E-state index in [2.05, 4.69) is 24.4 Å². The molecule has 0 bridgehead atoms. The first-order valence-electron chi connectivity index (χ1n) is 4.69. The van der Waals surface area contributed by atoms with Crippen molar-refractivity contribution >= 4 is 0 Å². The molecule has 1 rings (SSSR count). The van der Waals surface area contributed by atoms with Crippen molar-refractivity contribution in [3.05, 3.63) is 35.4 Å². The van der Waals surface area contributed by atoms with E-state index in [9.17, 15) is 0 Å². The van der Waals surface area contributed by atoms with Crippen molar-refractivity contribution in [3.8, 4) is 0 Å². The van der Waals surface area contributed by atoms with E-state index in [1.807, 2.05) is 19.2 Å². The fraction of sp³-hybridized carbons (Fsp3) is 0.455. The quantitative estimate of drug-likeness (QED) is 0.734. The molecular weight excluding hydrogens is 162 g/mol. The molecule has 2 nitrogen and oxygen atoms in total. The number of hydrogen-bond donors (Lipinski definition) is 2. The Morgan fingerprint density at radius 1 is 1.38 bits per heavy atom. The van der Waals surface area contributed by atoms with E-state index in [1.54, 1.807) is 0 Å². The topological polar surface area (TPSA) is 32.3 Å². The number of aliphatic hydroxyl groups excluding tert-OH is 1. The Kier molecular flexibility index (Phi) is 3.93. The van der Waals surface area contributed by atoms with Gasteiger partial charge in [0.1, 0.15) is 0 Å². The van der Waals surface area contributed by atoms with Crippen molar-refractivity contribution in [3.63, 3.8) is 0 Å². The molecule has 0 heterocycles. The molecule has 0 aliphatic carbocycles. The molecule has 72 valence electrons. The molecule has 0 aliphatic rings. The first kappa shape index (κ1) is 10.2. The van der Waals surface area contributed by atoms with E-state index in [4.69, 9.17) is 5.11 Å². The highest BCUT2D eigenvalue weighted by Crippen LogP contribution is 2.17. The summed E-state index contributed by atoms with van der Waals surface area (Å²) >= 11 is 0. The van der Waals surface area contributed by atoms with Crippen molar-refractivity contribution in [1.82, 2.24) is 5.32 Å². The first-order chi connectivity index (χ1) is 6.33. The number of benzene rings is 1. The summed E-state index contributed by atoms with van der Waals surface area (Å²) in [5, 5.41) is 12.2. The van der Waals surface area contributed by atoms with Crippen LogP contribution in [0.1, 0.15) is 24.1 Å². The number of aryl methyl sites for hydroxylation is 1. The Balaban J connectivity index is 2.96. The molecule has 2 N–H and O–H groups in total. The Morgan fingerprint density at radius 2 is 2.08 bits per heavy atom. The second-order valence-corrected chi connectivity index (χ2v) is 3.08. The summed E-state index contributed by atoms with van der Waals surface area (Å²) in [6, 6.07) is 8.28. The minimum absolute atomic E-state index is 0.0659. The molecule has 0 radical (unpaired) electrons. The van der Waals surface area contributed by atoms with Crippen molar-refractivity contribution in [2.45, 2.75) is 19.4 Å². The fourth-order valence-corrected chi connectivity index (χ4v) is 1.54. The maximum Gasteiger partial charge on any atom is 0.0626 e. The lowest BCUT2D eigenvalue weighted by molar-refractivity contribution is 0.250. The van der Waals surface area contributed by atoms with Gasteiger partial charge >= 0.3 is 0 Å². The van der Waals surface area contributed by atoms with Crippen LogP contribution in [0, 0.1) is 0 Å². The van der Waals surface area contributed by atoms with Crippen LogP contribution in [-0.4, -0.2) is 18.8 Å². The summed E-state index contributed by atoms with van der Waals surface area (Å²) in [4.78, 5) is 0. The molecular formula is C11H17NO. The maximum absolute atomic E-state index is 9.14. The highest BCUT2D eigenvalue weighted by atomic mass is 16.3. The standard InChI is InChI=1S/C11H17NO/c1-3-9-6-4-5-7-10(9)11(8-13)12-2/h4-7,11-13H,3,8H2,1-2H3/t11-/m0/s1. The second-order valence-electron chi connectivity index (χ2n) is 3.08. The summed E-state index contributed by atoms with van der Waals surface area (Å²) < 4.78 is 0. The third kappa shape index (κ3) is 2.29. The van der Waals surface area contributed by atoms with E-state index in [0.717, 1.165) is 6.42 Å². The molecule has 0 unspecified atom stereocenters. The van der Waals surface area contributed by atoms with Gasteiger partial charge in [-0.1, -0.05) is 31.2 Å². The van der Waals surface area contributed by atoms with Crippen molar-refractivity contribution < 1.29 is 5.11 Å². The van der Waals surface area contributed by atoms with Gasteiger partial charge in [-0.3, -0.25) is 0 Å². The van der Waals surface area contributed by atoms with E-state index < -0.39 is 0 Å². The van der Waals surface area contributed by atoms with Gasteiger partial charge in [-0.05, 0) is 24.6 Å². The van der Waals surface area contributed by atoms with Crippen molar-refractivity contribution in [1.29, 1.82) is 0 Å². The number of hydrogen-bond acceptors (Lipinski definition) is 2. The summed E-state index contributed by atoms with van der Waals surface area (Å²) in [5.74, 6) is 0. The van der Waals surface area contributed by atoms with Crippen LogP contribution in [0.3, 0.4) is 0 Å². The van der Waals surface area contributed by atoms with E-state index >= 15 is 0 Å². The zero-order valence-electron chi connectivity index (χ0n) is 8.25. The fourth-order valence-electron chi connectivity index (χ4n) is 1.54. The van der Waals surface area contributed by atoms with Gasteiger partial charge in [-0.2, -0.15) is 0 Å². The zero-order chi connectivity index (χ0) is 9.68. The maximum atomic E-state index is 9.14. The highest BCUT2D eigenvalue weighted by Gasteiger charge is 2.09. The Hall–Kier alpha value is -0.860. The smallest absolute Gasteiger partial charge is 0.0626 e. The van der Waals surface area contributed by atoms with Gasteiger partial charge < -0.3 is 10.4 Å². The van der Waals surface area contributed by atoms with Crippen molar-refractivity contribution in [2.24, 2.45) is 0 Å². The van der Waals surface area contributed by atoms with Crippen LogP contribution < -0.4 is 5.32 Å². The average Bonchev–Trinajstić information content (AvgIpc) is 2.20. The van der Waals surface area contributed by atoms with Crippen LogP contribution in [0.15, 0.2) is 24.3 Å². The van der Waals surface area contributed by atoms with Gasteiger partial charge in [0.15, 0.2) is 0 Å². The predicted octanol–water partition coefficient (Wildman–Crippen LogP) is 1.50. The summed E-state index contributed by atoms with van der Waals surface area (Å²) in [6.07, 6.45) is 1.01. The molecule has 0 fully saturated rings. The van der Waals surface area contributed by atoms with E-state index in [1.165, 1.54) is 11.1 Å². The van der Waals surface area contributed by atoms with Crippen LogP contribution in [-0.2, 0) is 6.42 Å². The normalized spacial score (nSPS) is 12.8. The molecule has 0 saturated heterocycles. The first-order valence-corrected chi connectivity index (χ1v) is 4.69. The minimum atomic E-state index is 0.0659. The summed E-state index contributed by atoms with van der Waals surface area (Å²) in [7, 11) is 1.87. The molecule has 1 aromatic carbocycles. The number of aliphatic hydroxyl groups is 1. The van der Waals surface area contributed by atoms with Crippen LogP contribution in [0.2, 0.25) is 0 Å². The lowest BCUT2D eigenvalue weighted by Gasteiger charge is -2.16. The van der Waals surface area contributed by atoms with E-state index in [-0.39, 0.29) is 12.6 Å². The molecule has 0 spiro atoms. The van der Waals surface area contributed by atoms with Gasteiger partial charge in [0.25, 0.3) is 0 Å². The van der Waals surface area contributed by atoms with Crippen LogP contribution in [0.25, 0.3) is 0 Å². The highest BCUT2D eigenvalue weighted by molar-refractivity contribution is 5.30. The average molecular weight is 179 g/mol. The number of nitrogens with one attached hydrogen (secondary N) is 1. The van der Waals surface area contributed by atoms with Crippen molar-refractivity contribution in [2.75, 3.05) is 13.7 Å². The molecule has 1 aromatic rings. The predicted molar refractivity (Wildman–Crippen MR) is 54.7 cm³/mol. The van der Waals surface area contributed by atoms with Gasteiger partial charge in [0.05, 0.1) is 12.6 Å². The number of likely N-dealkylation sites (N-methyl/N-ethyl adjacent to an activating group) is 1. The molecule has 13 heavy (non-hydrogen) atoms. The van der Waals surface area contributed by atoms with Crippen LogP contribution >= 0.6 is 0 Å². The Bertz CT molecular complexity index is 256. The van der Waals surface area contributed by atoms with Gasteiger partial charge in [0, 0.05) is 0 Å². The lowest BCUT2D eigenvalue weighted by Crippen LogP contribution is -2.21. The van der Waals surface area contributed by atoms with Gasteiger partial charge in [-0.15, -0.1) is 0 Å². The minimum Gasteiger partial charge on any atom is -0.394 e. The van der Waals surface area contributed by atoms with Crippen LogP contribution in [0.5, 0.6) is 0 Å². The number of rotatable bonds is 4. The Morgan fingerprint density at radius 3 is 2.62 bits per heavy atom. The zero-order valence-corrected chi connectivity index (χ0v) is 8.25. The van der Waals surface area contributed by atoms with E-state index in [0.29, 0.717) is 0 Å². The molecule has 0 amide bonds. The third-order valence-electron chi connectivity index (χ3n) is 2.34. The largest absolute Gasteiger partial charge is 0.394 e. The summed E-state index contributed by atoms with van der Waals surface area (Å²) in [6.45, 7) is 2.27. The third-order valence-corrected chi connectivity index (χ3v) is 2.34.